The standard InChI is InChI=1S/C19H19NO2/c1-13-4-5-14(2)18(12-13)19(22)11-8-16-6-9-17(10-7-16)20-15(3)21/h4-12H,1-3H3,(H,20,21)/b11-8+. The van der Waals surface area contributed by atoms with E-state index in [4.69, 9.17) is 0 Å². The number of hydrogen-bond donors (Lipinski definition) is 1. The lowest BCUT2D eigenvalue weighted by molar-refractivity contribution is -0.114. The third kappa shape index (κ3) is 4.16. The number of nitrogens with one attached hydrogen (secondary N) is 1. The Bertz CT molecular complexity index is 728. The average molecular weight is 293 g/mol. The molecular formula is C19H19NO2. The summed E-state index contributed by atoms with van der Waals surface area (Å²) in [5.74, 6) is -0.111. The van der Waals surface area contributed by atoms with Crippen LogP contribution in [0.5, 0.6) is 0 Å². The second-order valence-electron chi connectivity index (χ2n) is 5.32. The number of carbonyl (C=O) groups is 2. The van der Waals surface area contributed by atoms with Crippen molar-refractivity contribution < 1.29 is 9.59 Å². The Hall–Kier alpha value is -2.68. The Morgan fingerprint density at radius 2 is 1.68 bits per heavy atom. The molecule has 0 radical (unpaired) electrons. The summed E-state index contributed by atoms with van der Waals surface area (Å²) in [6.07, 6.45) is 3.36. The number of anilines is 1. The number of carbonyl (C=O) groups excluding carboxylic acids is 2. The fourth-order valence-corrected chi connectivity index (χ4v) is 2.14. The largest absolute Gasteiger partial charge is 0.326 e. The highest BCUT2D eigenvalue weighted by Gasteiger charge is 2.05. The van der Waals surface area contributed by atoms with Crippen LogP contribution in [0.25, 0.3) is 6.08 Å². The molecule has 0 atom stereocenters. The van der Waals surface area contributed by atoms with Gasteiger partial charge in [0.15, 0.2) is 5.78 Å². The van der Waals surface area contributed by atoms with Crippen LogP contribution >= 0.6 is 0 Å². The van der Waals surface area contributed by atoms with E-state index in [0.29, 0.717) is 0 Å². The van der Waals surface area contributed by atoms with Gasteiger partial charge in [-0.15, -0.1) is 0 Å². The summed E-state index contributed by atoms with van der Waals surface area (Å²) in [7, 11) is 0. The maximum atomic E-state index is 12.3. The zero-order valence-electron chi connectivity index (χ0n) is 13.0. The third-order valence-electron chi connectivity index (χ3n) is 3.32. The summed E-state index contributed by atoms with van der Waals surface area (Å²) in [5.41, 5.74) is 4.42. The Balaban J connectivity index is 2.12. The van der Waals surface area contributed by atoms with Crippen LogP contribution in [0.4, 0.5) is 5.69 Å². The molecule has 0 aliphatic rings. The maximum absolute atomic E-state index is 12.3. The van der Waals surface area contributed by atoms with Crippen LogP contribution in [-0.4, -0.2) is 11.7 Å². The highest BCUT2D eigenvalue weighted by Crippen LogP contribution is 2.14. The van der Waals surface area contributed by atoms with Gasteiger partial charge in [0.05, 0.1) is 0 Å². The Labute approximate surface area is 130 Å². The van der Waals surface area contributed by atoms with Crippen molar-refractivity contribution in [3.05, 3.63) is 70.8 Å². The summed E-state index contributed by atoms with van der Waals surface area (Å²) in [4.78, 5) is 23.2. The van der Waals surface area contributed by atoms with Crippen molar-refractivity contribution in [3.8, 4) is 0 Å². The van der Waals surface area contributed by atoms with E-state index in [9.17, 15) is 9.59 Å². The number of rotatable bonds is 4. The van der Waals surface area contributed by atoms with Crippen molar-refractivity contribution >= 4 is 23.5 Å². The van der Waals surface area contributed by atoms with Crippen LogP contribution in [0.1, 0.15) is 34.0 Å². The van der Waals surface area contributed by atoms with Crippen molar-refractivity contribution in [1.82, 2.24) is 0 Å². The fraction of sp³-hybridized carbons (Fsp3) is 0.158. The van der Waals surface area contributed by atoms with E-state index in [1.807, 2.05) is 56.3 Å². The number of aryl methyl sites for hydroxylation is 2. The van der Waals surface area contributed by atoms with Crippen molar-refractivity contribution in [2.75, 3.05) is 5.32 Å². The SMILES string of the molecule is CC(=O)Nc1ccc(/C=C/C(=O)c2cc(C)ccc2C)cc1. The number of hydrogen-bond acceptors (Lipinski definition) is 2. The van der Waals surface area contributed by atoms with Gasteiger partial charge >= 0.3 is 0 Å². The molecule has 0 unspecified atom stereocenters. The molecule has 3 nitrogen and oxygen atoms in total. The van der Waals surface area contributed by atoms with Gasteiger partial charge in [0.2, 0.25) is 5.91 Å². The van der Waals surface area contributed by atoms with Gasteiger partial charge in [-0.3, -0.25) is 9.59 Å². The Morgan fingerprint density at radius 1 is 1.00 bits per heavy atom. The molecular weight excluding hydrogens is 274 g/mol. The summed E-state index contributed by atoms with van der Waals surface area (Å²) in [6, 6.07) is 13.2. The predicted octanol–water partition coefficient (Wildman–Crippen LogP) is 4.16. The first-order valence-electron chi connectivity index (χ1n) is 7.13. The summed E-state index contributed by atoms with van der Waals surface area (Å²) >= 11 is 0. The molecule has 2 rings (SSSR count). The molecule has 1 N–H and O–H groups in total. The van der Waals surface area contributed by atoms with Gasteiger partial charge < -0.3 is 5.32 Å². The lowest BCUT2D eigenvalue weighted by Crippen LogP contribution is -2.05. The fourth-order valence-electron chi connectivity index (χ4n) is 2.14. The third-order valence-corrected chi connectivity index (χ3v) is 3.32. The lowest BCUT2D eigenvalue weighted by Gasteiger charge is -2.03. The predicted molar refractivity (Wildman–Crippen MR) is 90.0 cm³/mol. The molecule has 0 aliphatic heterocycles. The van der Waals surface area contributed by atoms with Crippen molar-refractivity contribution in [1.29, 1.82) is 0 Å². The van der Waals surface area contributed by atoms with E-state index in [2.05, 4.69) is 5.32 Å². The summed E-state index contributed by atoms with van der Waals surface area (Å²) in [5, 5.41) is 2.71. The monoisotopic (exact) mass is 293 g/mol. The topological polar surface area (TPSA) is 46.2 Å². The van der Waals surface area contributed by atoms with Gasteiger partial charge in [-0.25, -0.2) is 0 Å². The summed E-state index contributed by atoms with van der Waals surface area (Å²) in [6.45, 7) is 5.38. The molecule has 0 saturated carbocycles. The van der Waals surface area contributed by atoms with E-state index >= 15 is 0 Å². The molecule has 3 heteroatoms. The molecule has 0 spiro atoms. The van der Waals surface area contributed by atoms with Gasteiger partial charge in [0.25, 0.3) is 0 Å². The minimum atomic E-state index is -0.103. The first-order valence-corrected chi connectivity index (χ1v) is 7.13. The molecule has 112 valence electrons. The lowest BCUT2D eigenvalue weighted by atomic mass is 10.0. The number of amides is 1. The number of benzene rings is 2. The van der Waals surface area contributed by atoms with Gasteiger partial charge in [0, 0.05) is 18.2 Å². The van der Waals surface area contributed by atoms with E-state index in [-0.39, 0.29) is 11.7 Å². The van der Waals surface area contributed by atoms with E-state index in [0.717, 1.165) is 27.9 Å². The zero-order valence-corrected chi connectivity index (χ0v) is 13.0. The van der Waals surface area contributed by atoms with Gasteiger partial charge in [0.1, 0.15) is 0 Å². The highest BCUT2D eigenvalue weighted by atomic mass is 16.1. The van der Waals surface area contributed by atoms with Crippen LogP contribution < -0.4 is 5.32 Å². The first-order chi connectivity index (χ1) is 10.5. The number of ketones is 1. The molecule has 2 aromatic rings. The molecule has 22 heavy (non-hydrogen) atoms. The minimum Gasteiger partial charge on any atom is -0.326 e. The Kier molecular flexibility index (Phi) is 4.89. The van der Waals surface area contributed by atoms with Crippen LogP contribution in [0.15, 0.2) is 48.5 Å². The Morgan fingerprint density at radius 3 is 2.32 bits per heavy atom. The van der Waals surface area contributed by atoms with Crippen LogP contribution in [0.3, 0.4) is 0 Å². The highest BCUT2D eigenvalue weighted by molar-refractivity contribution is 6.07. The average Bonchev–Trinajstić information content (AvgIpc) is 2.48. The second kappa shape index (κ2) is 6.85. The quantitative estimate of drug-likeness (QED) is 0.679. The smallest absolute Gasteiger partial charge is 0.221 e. The summed E-state index contributed by atoms with van der Waals surface area (Å²) < 4.78 is 0. The molecule has 0 bridgehead atoms. The maximum Gasteiger partial charge on any atom is 0.221 e. The molecule has 0 aliphatic carbocycles. The van der Waals surface area contributed by atoms with Crippen LogP contribution in [0.2, 0.25) is 0 Å². The van der Waals surface area contributed by atoms with Gasteiger partial charge in [-0.05, 0) is 49.2 Å². The van der Waals surface area contributed by atoms with E-state index in [1.165, 1.54) is 6.92 Å². The van der Waals surface area contributed by atoms with E-state index < -0.39 is 0 Å². The van der Waals surface area contributed by atoms with Crippen molar-refractivity contribution in [2.45, 2.75) is 20.8 Å². The minimum absolute atomic E-state index is 0.00728. The van der Waals surface area contributed by atoms with Crippen LogP contribution in [0, 0.1) is 13.8 Å². The molecule has 0 fully saturated rings. The second-order valence-corrected chi connectivity index (χ2v) is 5.32. The van der Waals surface area contributed by atoms with Gasteiger partial charge in [-0.2, -0.15) is 0 Å². The van der Waals surface area contributed by atoms with Crippen molar-refractivity contribution in [2.24, 2.45) is 0 Å². The normalized spacial score (nSPS) is 10.7. The van der Waals surface area contributed by atoms with E-state index in [1.54, 1.807) is 12.2 Å². The molecule has 2 aromatic carbocycles. The van der Waals surface area contributed by atoms with Gasteiger partial charge in [-0.1, -0.05) is 35.9 Å². The van der Waals surface area contributed by atoms with Crippen molar-refractivity contribution in [3.63, 3.8) is 0 Å². The molecule has 0 aromatic heterocycles. The number of allylic oxidation sites excluding steroid dienone is 1. The first kappa shape index (κ1) is 15.7. The molecule has 1 amide bonds. The zero-order chi connectivity index (χ0) is 16.1. The molecule has 0 saturated heterocycles. The molecule has 0 heterocycles. The van der Waals surface area contributed by atoms with Crippen LogP contribution in [-0.2, 0) is 4.79 Å².